The molecule has 0 radical (unpaired) electrons. The number of nitro benzene ring substituents is 1. The monoisotopic (exact) mass is 390 g/mol. The van der Waals surface area contributed by atoms with E-state index in [0.29, 0.717) is 16.5 Å². The van der Waals surface area contributed by atoms with Gasteiger partial charge in [0, 0.05) is 17.6 Å². The summed E-state index contributed by atoms with van der Waals surface area (Å²) < 4.78 is 5.86. The molecule has 0 atom stereocenters. The Bertz CT molecular complexity index is 1210. The lowest BCUT2D eigenvalue weighted by Gasteiger charge is -2.12. The van der Waals surface area contributed by atoms with E-state index < -0.39 is 4.92 Å². The third-order valence-electron chi connectivity index (χ3n) is 4.42. The predicted molar refractivity (Wildman–Crippen MR) is 110 cm³/mol. The van der Waals surface area contributed by atoms with Gasteiger partial charge in [0.2, 0.25) is 0 Å². The summed E-state index contributed by atoms with van der Waals surface area (Å²) in [6, 6.07) is 19.4. The Kier molecular flexibility index (Phi) is 4.67. The molecule has 0 N–H and O–H groups in total. The normalized spacial score (nSPS) is 10.8. The highest BCUT2D eigenvalue weighted by atomic mass is 35.5. The van der Waals surface area contributed by atoms with E-state index in [1.165, 1.54) is 12.1 Å². The molecule has 4 rings (SSSR count). The first-order chi connectivity index (χ1) is 13.5. The highest BCUT2D eigenvalue weighted by Gasteiger charge is 2.12. The third kappa shape index (κ3) is 3.40. The van der Waals surface area contributed by atoms with Gasteiger partial charge >= 0.3 is 0 Å². The number of aromatic nitrogens is 1. The van der Waals surface area contributed by atoms with Gasteiger partial charge in [-0.1, -0.05) is 41.9 Å². The van der Waals surface area contributed by atoms with Gasteiger partial charge in [0.15, 0.2) is 0 Å². The Labute approximate surface area is 166 Å². The Morgan fingerprint density at radius 1 is 1.00 bits per heavy atom. The second kappa shape index (κ2) is 7.29. The van der Waals surface area contributed by atoms with Gasteiger partial charge in [0.05, 0.1) is 21.5 Å². The lowest BCUT2D eigenvalue weighted by atomic mass is 9.97. The highest BCUT2D eigenvalue weighted by Crippen LogP contribution is 2.36. The summed E-state index contributed by atoms with van der Waals surface area (Å²) in [4.78, 5) is 15.0. The van der Waals surface area contributed by atoms with Crippen molar-refractivity contribution in [3.05, 3.63) is 93.6 Å². The lowest BCUT2D eigenvalue weighted by molar-refractivity contribution is -0.384. The maximum absolute atomic E-state index is 11.0. The summed E-state index contributed by atoms with van der Waals surface area (Å²) >= 11 is 6.31. The summed E-state index contributed by atoms with van der Waals surface area (Å²) in [7, 11) is 0. The zero-order valence-corrected chi connectivity index (χ0v) is 15.7. The number of nitrogens with zero attached hydrogens (tertiary/aromatic N) is 2. The van der Waals surface area contributed by atoms with Crippen LogP contribution in [0.1, 0.15) is 5.56 Å². The number of ether oxygens (including phenoxy) is 1. The largest absolute Gasteiger partial charge is 0.457 e. The van der Waals surface area contributed by atoms with E-state index in [1.54, 1.807) is 18.3 Å². The number of hydrogen-bond donors (Lipinski definition) is 0. The molecule has 0 aliphatic rings. The first-order valence-electron chi connectivity index (χ1n) is 8.59. The fourth-order valence-corrected chi connectivity index (χ4v) is 3.40. The molecule has 1 heterocycles. The number of aryl methyl sites for hydroxylation is 1. The van der Waals surface area contributed by atoms with Crippen LogP contribution in [0, 0.1) is 17.0 Å². The average molecular weight is 391 g/mol. The molecule has 0 unspecified atom stereocenters. The van der Waals surface area contributed by atoms with Gasteiger partial charge in [-0.05, 0) is 47.9 Å². The van der Waals surface area contributed by atoms with E-state index in [1.807, 2.05) is 49.4 Å². The summed E-state index contributed by atoms with van der Waals surface area (Å²) in [6.45, 7) is 2.00. The molecular weight excluding hydrogens is 376 g/mol. The maximum atomic E-state index is 11.0. The molecule has 28 heavy (non-hydrogen) atoms. The van der Waals surface area contributed by atoms with E-state index >= 15 is 0 Å². The molecule has 5 nitrogen and oxygen atoms in total. The molecule has 1 aromatic heterocycles. The topological polar surface area (TPSA) is 65.3 Å². The summed E-state index contributed by atoms with van der Waals surface area (Å²) in [5, 5.41) is 12.5. The van der Waals surface area contributed by atoms with Crippen LogP contribution in [0.3, 0.4) is 0 Å². The zero-order valence-electron chi connectivity index (χ0n) is 14.9. The van der Waals surface area contributed by atoms with Crippen LogP contribution in [0.15, 0.2) is 72.9 Å². The van der Waals surface area contributed by atoms with Crippen molar-refractivity contribution in [3.63, 3.8) is 0 Å². The number of non-ortho nitro benzene ring substituents is 1. The second-order valence-corrected chi connectivity index (χ2v) is 6.74. The maximum Gasteiger partial charge on any atom is 0.273 e. The van der Waals surface area contributed by atoms with E-state index in [9.17, 15) is 10.1 Å². The minimum absolute atomic E-state index is 0.0146. The van der Waals surface area contributed by atoms with Crippen LogP contribution >= 0.6 is 11.6 Å². The zero-order chi connectivity index (χ0) is 19.7. The molecule has 0 aliphatic heterocycles. The highest BCUT2D eigenvalue weighted by molar-refractivity contribution is 6.35. The fraction of sp³-hybridized carbons (Fsp3) is 0.0455. The Balaban J connectivity index is 1.77. The minimum atomic E-state index is -0.445. The lowest BCUT2D eigenvalue weighted by Crippen LogP contribution is -1.92. The fourth-order valence-electron chi connectivity index (χ4n) is 3.18. The number of hydrogen-bond acceptors (Lipinski definition) is 4. The van der Waals surface area contributed by atoms with Crippen LogP contribution in [0.25, 0.3) is 22.0 Å². The van der Waals surface area contributed by atoms with Crippen LogP contribution in [0.2, 0.25) is 5.02 Å². The Morgan fingerprint density at radius 3 is 2.50 bits per heavy atom. The summed E-state index contributed by atoms with van der Waals surface area (Å²) in [5.41, 5.74) is 3.73. The van der Waals surface area contributed by atoms with Gasteiger partial charge in [-0.2, -0.15) is 0 Å². The molecule has 0 bridgehead atoms. The van der Waals surface area contributed by atoms with E-state index in [2.05, 4.69) is 4.98 Å². The molecule has 0 aliphatic carbocycles. The number of fused-ring (bicyclic) bond motifs is 1. The SMILES string of the molecule is Cc1cnc2c(Cl)cccc2c1-c1cccc(Oc2cccc([N+](=O)[O-])c2)c1. The van der Waals surface area contributed by atoms with Crippen molar-refractivity contribution in [1.82, 2.24) is 4.98 Å². The van der Waals surface area contributed by atoms with Crippen molar-refractivity contribution < 1.29 is 9.66 Å². The summed E-state index contributed by atoms with van der Waals surface area (Å²) in [5.74, 6) is 0.995. The molecule has 4 aromatic rings. The minimum Gasteiger partial charge on any atom is -0.457 e. The van der Waals surface area contributed by atoms with Crippen LogP contribution in [0.5, 0.6) is 11.5 Å². The third-order valence-corrected chi connectivity index (χ3v) is 4.73. The number of pyridine rings is 1. The van der Waals surface area contributed by atoms with Crippen molar-refractivity contribution in [2.75, 3.05) is 0 Å². The van der Waals surface area contributed by atoms with Gasteiger partial charge in [0.1, 0.15) is 11.5 Å². The Morgan fingerprint density at radius 2 is 1.71 bits per heavy atom. The Hall–Kier alpha value is -3.44. The molecule has 0 saturated heterocycles. The number of halogens is 1. The van der Waals surface area contributed by atoms with Crippen LogP contribution < -0.4 is 4.74 Å². The molecule has 6 heteroatoms. The number of para-hydroxylation sites is 1. The van der Waals surface area contributed by atoms with Gasteiger partial charge in [-0.15, -0.1) is 0 Å². The molecule has 0 amide bonds. The van der Waals surface area contributed by atoms with Crippen LogP contribution in [-0.2, 0) is 0 Å². The van der Waals surface area contributed by atoms with E-state index in [-0.39, 0.29) is 5.69 Å². The molecule has 138 valence electrons. The number of nitro groups is 1. The first-order valence-corrected chi connectivity index (χ1v) is 8.97. The smallest absolute Gasteiger partial charge is 0.273 e. The van der Waals surface area contributed by atoms with Crippen molar-refractivity contribution >= 4 is 28.2 Å². The quantitative estimate of drug-likeness (QED) is 0.292. The predicted octanol–water partition coefficient (Wildman–Crippen LogP) is 6.56. The van der Waals surface area contributed by atoms with Crippen LogP contribution in [0.4, 0.5) is 5.69 Å². The van der Waals surface area contributed by atoms with Crippen molar-refractivity contribution in [3.8, 4) is 22.6 Å². The van der Waals surface area contributed by atoms with E-state index in [0.717, 1.165) is 27.6 Å². The second-order valence-electron chi connectivity index (χ2n) is 6.34. The van der Waals surface area contributed by atoms with Gasteiger partial charge in [0.25, 0.3) is 5.69 Å². The van der Waals surface area contributed by atoms with Crippen molar-refractivity contribution in [2.24, 2.45) is 0 Å². The van der Waals surface area contributed by atoms with E-state index in [4.69, 9.17) is 16.3 Å². The van der Waals surface area contributed by atoms with Gasteiger partial charge in [-0.25, -0.2) is 0 Å². The van der Waals surface area contributed by atoms with Gasteiger partial charge in [-0.3, -0.25) is 15.1 Å². The molecular formula is C22H15ClN2O3. The first kappa shape index (κ1) is 17.9. The molecule has 3 aromatic carbocycles. The number of benzene rings is 3. The van der Waals surface area contributed by atoms with Crippen LogP contribution in [-0.4, -0.2) is 9.91 Å². The van der Waals surface area contributed by atoms with Crippen molar-refractivity contribution in [1.29, 1.82) is 0 Å². The summed E-state index contributed by atoms with van der Waals surface area (Å²) in [6.07, 6.45) is 1.80. The molecule has 0 fully saturated rings. The molecule has 0 spiro atoms. The van der Waals surface area contributed by atoms with Gasteiger partial charge < -0.3 is 4.74 Å². The number of rotatable bonds is 4. The standard InChI is InChI=1S/C22H15ClN2O3/c1-14-13-24-22-19(9-4-10-20(22)23)21(14)15-5-2-7-17(11-15)28-18-8-3-6-16(12-18)25(26)27/h2-13H,1H3. The van der Waals surface area contributed by atoms with Crippen molar-refractivity contribution in [2.45, 2.75) is 6.92 Å². The average Bonchev–Trinajstić information content (AvgIpc) is 2.68. The molecule has 0 saturated carbocycles.